The number of benzene rings is 1. The summed E-state index contributed by atoms with van der Waals surface area (Å²) in [6.07, 6.45) is 2.47. The molecule has 0 spiro atoms. The van der Waals surface area contributed by atoms with Gasteiger partial charge in [-0.1, -0.05) is 65.3 Å². The molecular formula is C36H56N8O9. The average molecular weight is 745 g/mol. The Morgan fingerprint density at radius 3 is 2.02 bits per heavy atom. The lowest BCUT2D eigenvalue weighted by atomic mass is 9.97. The third-order valence-electron chi connectivity index (χ3n) is 8.84. The molecule has 1 aliphatic rings. The molecule has 53 heavy (non-hydrogen) atoms. The lowest BCUT2D eigenvalue weighted by molar-refractivity contribution is -0.136. The van der Waals surface area contributed by atoms with E-state index in [2.05, 4.69) is 42.1 Å². The van der Waals surface area contributed by atoms with Gasteiger partial charge >= 0.3 is 0 Å². The van der Waals surface area contributed by atoms with Gasteiger partial charge < -0.3 is 42.1 Å². The van der Waals surface area contributed by atoms with Gasteiger partial charge in [-0.3, -0.25) is 33.8 Å². The zero-order valence-corrected chi connectivity index (χ0v) is 31.4. The first-order valence-corrected chi connectivity index (χ1v) is 18.1. The number of aromatic hydroxyl groups is 1. The van der Waals surface area contributed by atoms with Crippen molar-refractivity contribution in [2.45, 2.75) is 110 Å². The van der Waals surface area contributed by atoms with Crippen LogP contribution in [-0.4, -0.2) is 108 Å². The lowest BCUT2D eigenvalue weighted by Gasteiger charge is -2.29. The summed E-state index contributed by atoms with van der Waals surface area (Å²) in [5.74, 6) is -5.09. The van der Waals surface area contributed by atoms with E-state index in [1.165, 1.54) is 18.3 Å². The SMILES string of the molecule is CC[C@H](C)[C@@H]1NC(=O)C(CCCN=O)NC(=O)CNC(=O)[C@H](Cc2ccc(O)cc2)/N=C\[C@H](CC(C)C)NC(=O)C(C(C)C)NC(=O)[C@H](CO)NC1=O. The molecule has 7 atom stereocenters. The molecule has 294 valence electrons. The first kappa shape index (κ1) is 44.2. The van der Waals surface area contributed by atoms with E-state index in [4.69, 9.17) is 0 Å². The van der Waals surface area contributed by atoms with Crippen LogP contribution < -0.4 is 31.9 Å². The number of rotatable bonds is 12. The number of carbonyl (C=O) groups is 6. The van der Waals surface area contributed by atoms with Crippen LogP contribution in [0.25, 0.3) is 0 Å². The first-order chi connectivity index (χ1) is 25.1. The van der Waals surface area contributed by atoms with E-state index in [1.54, 1.807) is 39.8 Å². The molecule has 17 heteroatoms. The van der Waals surface area contributed by atoms with Crippen LogP contribution >= 0.6 is 0 Å². The number of nitroso groups, excluding NO2 is 1. The zero-order chi connectivity index (χ0) is 39.7. The summed E-state index contributed by atoms with van der Waals surface area (Å²) in [6, 6.07) is -0.594. The van der Waals surface area contributed by atoms with E-state index in [1.807, 2.05) is 13.8 Å². The Kier molecular flexibility index (Phi) is 18.5. The quantitative estimate of drug-likeness (QED) is 0.107. The Balaban J connectivity index is 2.60. The topological polar surface area (TPSA) is 257 Å². The summed E-state index contributed by atoms with van der Waals surface area (Å²) in [7, 11) is 0. The number of hydrogen-bond donors (Lipinski definition) is 8. The van der Waals surface area contributed by atoms with E-state index in [0.717, 1.165) is 0 Å². The lowest BCUT2D eigenvalue weighted by Crippen LogP contribution is -2.61. The third-order valence-corrected chi connectivity index (χ3v) is 8.84. The summed E-state index contributed by atoms with van der Waals surface area (Å²) in [5.41, 5.74) is 0.653. The third kappa shape index (κ3) is 14.9. The predicted molar refractivity (Wildman–Crippen MR) is 197 cm³/mol. The largest absolute Gasteiger partial charge is 0.508 e. The minimum Gasteiger partial charge on any atom is -0.508 e. The zero-order valence-electron chi connectivity index (χ0n) is 31.4. The summed E-state index contributed by atoms with van der Waals surface area (Å²) >= 11 is 0. The summed E-state index contributed by atoms with van der Waals surface area (Å²) in [4.78, 5) is 96.2. The maximum absolute atomic E-state index is 13.7. The summed E-state index contributed by atoms with van der Waals surface area (Å²) in [6.45, 7) is 9.29. The van der Waals surface area contributed by atoms with E-state index >= 15 is 0 Å². The molecule has 2 unspecified atom stereocenters. The Hall–Kier alpha value is -4.93. The molecular weight excluding hydrogens is 688 g/mol. The Labute approximate surface area is 310 Å². The highest BCUT2D eigenvalue weighted by atomic mass is 16.3. The smallest absolute Gasteiger partial charge is 0.245 e. The second-order valence-corrected chi connectivity index (χ2v) is 14.1. The highest BCUT2D eigenvalue weighted by molar-refractivity contribution is 5.97. The number of nitrogens with one attached hydrogen (secondary N) is 6. The standard InChI is InChI=1S/C36H56N8O9/c1-7-22(6)31-36(52)42-28(19-45)34(50)43-30(21(4)5)35(51)40-24(15-20(2)3)17-37-27(16-23-10-12-25(46)13-11-23)32(48)38-18-29(47)41-26(33(49)44-31)9-8-14-39-53/h10-13,17,20-22,24,26-28,30-31,45-46H,7-9,14-16,18-19H2,1-6H3,(H,38,48)(H,40,51)(H,41,47)(H,42,52)(H,43,50)(H,44,49)/b37-17-/t22-,24-,26?,27-,28-,30?,31-/m0/s1. The monoisotopic (exact) mass is 744 g/mol. The van der Waals surface area contributed by atoms with Gasteiger partial charge in [0.15, 0.2) is 0 Å². The number of aliphatic imine (C=N–C) groups is 1. The molecule has 17 nitrogen and oxygen atoms in total. The van der Waals surface area contributed by atoms with Crippen LogP contribution in [0, 0.1) is 22.7 Å². The molecule has 0 saturated carbocycles. The van der Waals surface area contributed by atoms with E-state index in [-0.39, 0.29) is 37.5 Å². The molecule has 0 fully saturated rings. The number of aliphatic hydroxyl groups is 1. The van der Waals surface area contributed by atoms with E-state index in [0.29, 0.717) is 18.4 Å². The van der Waals surface area contributed by atoms with Crippen molar-refractivity contribution in [3.05, 3.63) is 34.7 Å². The van der Waals surface area contributed by atoms with E-state index in [9.17, 15) is 43.9 Å². The van der Waals surface area contributed by atoms with Crippen molar-refractivity contribution in [3.63, 3.8) is 0 Å². The molecule has 1 aliphatic heterocycles. The van der Waals surface area contributed by atoms with Crippen LogP contribution in [0.3, 0.4) is 0 Å². The Morgan fingerprint density at radius 2 is 1.43 bits per heavy atom. The molecule has 0 aromatic heterocycles. The van der Waals surface area contributed by atoms with Gasteiger partial charge in [-0.2, -0.15) is 4.91 Å². The van der Waals surface area contributed by atoms with Gasteiger partial charge in [-0.15, -0.1) is 0 Å². The molecule has 0 saturated heterocycles. The molecule has 0 bridgehead atoms. The highest BCUT2D eigenvalue weighted by Crippen LogP contribution is 2.14. The highest BCUT2D eigenvalue weighted by Gasteiger charge is 2.34. The fraction of sp³-hybridized carbons (Fsp3) is 0.639. The van der Waals surface area contributed by atoms with Gasteiger partial charge in [-0.05, 0) is 54.7 Å². The van der Waals surface area contributed by atoms with Gasteiger partial charge in [-0.25, -0.2) is 0 Å². The van der Waals surface area contributed by atoms with Crippen LogP contribution in [0.15, 0.2) is 34.4 Å². The molecule has 1 aromatic carbocycles. The fourth-order valence-corrected chi connectivity index (χ4v) is 5.57. The maximum Gasteiger partial charge on any atom is 0.245 e. The predicted octanol–water partition coefficient (Wildman–Crippen LogP) is 0.215. The molecule has 2 rings (SSSR count). The molecule has 8 N–H and O–H groups in total. The van der Waals surface area contributed by atoms with E-state index < -0.39 is 96.7 Å². The maximum atomic E-state index is 13.7. The Morgan fingerprint density at radius 1 is 0.811 bits per heavy atom. The second-order valence-electron chi connectivity index (χ2n) is 14.1. The molecule has 1 aromatic rings. The summed E-state index contributed by atoms with van der Waals surface area (Å²) in [5, 5.41) is 38.4. The number of amides is 6. The van der Waals surface area contributed by atoms with Crippen LogP contribution in [0.4, 0.5) is 0 Å². The number of hydrogen-bond acceptors (Lipinski definition) is 11. The van der Waals surface area contributed by atoms with Crippen molar-refractivity contribution in [2.75, 3.05) is 19.7 Å². The fourth-order valence-electron chi connectivity index (χ4n) is 5.57. The minimum atomic E-state index is -1.48. The van der Waals surface area contributed by atoms with Crippen LogP contribution in [0.2, 0.25) is 0 Å². The molecule has 6 amide bonds. The minimum absolute atomic E-state index is 0.0175. The van der Waals surface area contributed by atoms with Gasteiger partial charge in [0.25, 0.3) is 0 Å². The van der Waals surface area contributed by atoms with Gasteiger partial charge in [0.05, 0.1) is 25.7 Å². The van der Waals surface area contributed by atoms with Crippen molar-refractivity contribution < 1.29 is 39.0 Å². The molecule has 1 heterocycles. The van der Waals surface area contributed by atoms with Crippen LogP contribution in [0.5, 0.6) is 5.75 Å². The van der Waals surface area contributed by atoms with Crippen LogP contribution in [-0.2, 0) is 35.2 Å². The number of nitrogens with zero attached hydrogens (tertiary/aromatic N) is 2. The van der Waals surface area contributed by atoms with Gasteiger partial charge in [0, 0.05) is 12.6 Å². The van der Waals surface area contributed by atoms with Crippen molar-refractivity contribution in [1.82, 2.24) is 31.9 Å². The number of phenols is 1. The molecule has 0 aliphatic carbocycles. The van der Waals surface area contributed by atoms with Crippen molar-refractivity contribution in [1.29, 1.82) is 0 Å². The number of aliphatic hydroxyl groups excluding tert-OH is 1. The number of phenolic OH excluding ortho intramolecular Hbond substituents is 1. The second kappa shape index (κ2) is 22.2. The van der Waals surface area contributed by atoms with Crippen LogP contribution in [0.1, 0.15) is 72.8 Å². The average Bonchev–Trinajstić information content (AvgIpc) is 3.11. The van der Waals surface area contributed by atoms with Crippen molar-refractivity contribution >= 4 is 41.7 Å². The summed E-state index contributed by atoms with van der Waals surface area (Å²) < 4.78 is 0. The van der Waals surface area contributed by atoms with Gasteiger partial charge in [0.1, 0.15) is 36.0 Å². The van der Waals surface area contributed by atoms with Crippen molar-refractivity contribution in [2.24, 2.45) is 27.9 Å². The first-order valence-electron chi connectivity index (χ1n) is 18.1. The Bertz CT molecular complexity index is 1440. The molecule has 0 radical (unpaired) electrons. The number of carbonyl (C=O) groups excluding carboxylic acids is 6. The normalized spacial score (nSPS) is 25.5. The van der Waals surface area contributed by atoms with Crippen molar-refractivity contribution in [3.8, 4) is 5.75 Å². The van der Waals surface area contributed by atoms with Gasteiger partial charge in [0.2, 0.25) is 35.4 Å².